The van der Waals surface area contributed by atoms with E-state index in [4.69, 9.17) is 4.74 Å². The van der Waals surface area contributed by atoms with E-state index in [0.29, 0.717) is 5.56 Å². The van der Waals surface area contributed by atoms with Crippen molar-refractivity contribution in [1.82, 2.24) is 15.1 Å². The number of amides is 2. The molecule has 2 aliphatic heterocycles. The van der Waals surface area contributed by atoms with Crippen LogP contribution in [0, 0.1) is 12.7 Å². The van der Waals surface area contributed by atoms with Gasteiger partial charge in [-0.05, 0) is 43.9 Å². The van der Waals surface area contributed by atoms with Crippen LogP contribution in [0.15, 0.2) is 18.2 Å². The van der Waals surface area contributed by atoms with Gasteiger partial charge >= 0.3 is 6.03 Å². The Balaban J connectivity index is 1.58. The summed E-state index contributed by atoms with van der Waals surface area (Å²) < 4.78 is 19.2. The van der Waals surface area contributed by atoms with Crippen molar-refractivity contribution >= 4 is 6.03 Å². The summed E-state index contributed by atoms with van der Waals surface area (Å²) in [6.07, 6.45) is 2.08. The van der Waals surface area contributed by atoms with Gasteiger partial charge in [-0.3, -0.25) is 4.90 Å². The lowest BCUT2D eigenvalue weighted by molar-refractivity contribution is 0.0291. The molecule has 0 bridgehead atoms. The molecular formula is C19H28FN3O2. The molecule has 0 aliphatic carbocycles. The zero-order valence-electron chi connectivity index (χ0n) is 15.1. The van der Waals surface area contributed by atoms with Crippen LogP contribution in [0.5, 0.6) is 0 Å². The summed E-state index contributed by atoms with van der Waals surface area (Å²) in [6.45, 7) is 8.75. The molecule has 0 saturated carbocycles. The van der Waals surface area contributed by atoms with E-state index >= 15 is 0 Å². The number of urea groups is 1. The average Bonchev–Trinajstić information content (AvgIpc) is 3.06. The second kappa shape index (κ2) is 8.15. The molecule has 2 amide bonds. The maximum Gasteiger partial charge on any atom is 0.318 e. The van der Waals surface area contributed by atoms with Crippen molar-refractivity contribution in [3.05, 3.63) is 35.1 Å². The van der Waals surface area contributed by atoms with E-state index in [1.807, 2.05) is 17.9 Å². The number of carbonyl (C=O) groups excluding carboxylic acids is 1. The number of morpholine rings is 1. The Bertz CT molecular complexity index is 604. The number of carbonyl (C=O) groups is 1. The largest absolute Gasteiger partial charge is 0.379 e. The minimum atomic E-state index is -0.232. The van der Waals surface area contributed by atoms with Crippen molar-refractivity contribution in [2.75, 3.05) is 39.4 Å². The lowest BCUT2D eigenvalue weighted by Gasteiger charge is -2.33. The van der Waals surface area contributed by atoms with Crippen LogP contribution in [-0.2, 0) is 4.74 Å². The molecule has 6 heteroatoms. The van der Waals surface area contributed by atoms with E-state index in [2.05, 4.69) is 10.2 Å². The zero-order chi connectivity index (χ0) is 17.8. The SMILES string of the molecule is Cc1ccc([C@H](C)NC(=O)N2CCC[C@H]2CN2CCOCC2)cc1F. The molecule has 0 aromatic heterocycles. The molecular weight excluding hydrogens is 321 g/mol. The molecule has 1 N–H and O–H groups in total. The first kappa shape index (κ1) is 18.1. The predicted octanol–water partition coefficient (Wildman–Crippen LogP) is 2.70. The fourth-order valence-corrected chi connectivity index (χ4v) is 3.60. The fraction of sp³-hybridized carbons (Fsp3) is 0.632. The van der Waals surface area contributed by atoms with Gasteiger partial charge in [-0.15, -0.1) is 0 Å². The minimum Gasteiger partial charge on any atom is -0.379 e. The van der Waals surface area contributed by atoms with Gasteiger partial charge < -0.3 is 15.0 Å². The molecule has 3 rings (SSSR count). The Morgan fingerprint density at radius 2 is 2.12 bits per heavy atom. The molecule has 2 aliphatic rings. The third-order valence-electron chi connectivity index (χ3n) is 5.25. The predicted molar refractivity (Wildman–Crippen MR) is 95.1 cm³/mol. The lowest BCUT2D eigenvalue weighted by atomic mass is 10.1. The van der Waals surface area contributed by atoms with Gasteiger partial charge in [-0.2, -0.15) is 0 Å². The number of rotatable bonds is 4. The molecule has 138 valence electrons. The standard InChI is InChI=1S/C19H28FN3O2/c1-14-5-6-16(12-18(14)20)15(2)21-19(24)23-7-3-4-17(23)13-22-8-10-25-11-9-22/h5-6,12,15,17H,3-4,7-11,13H2,1-2H3,(H,21,24)/t15-,17-/m0/s1. The minimum absolute atomic E-state index is 0.0516. The van der Waals surface area contributed by atoms with Gasteiger partial charge in [0.15, 0.2) is 0 Å². The van der Waals surface area contributed by atoms with Gasteiger partial charge in [-0.1, -0.05) is 12.1 Å². The van der Waals surface area contributed by atoms with E-state index in [1.165, 1.54) is 6.07 Å². The highest BCUT2D eigenvalue weighted by atomic mass is 19.1. The number of ether oxygens (including phenoxy) is 1. The number of benzene rings is 1. The van der Waals surface area contributed by atoms with Crippen LogP contribution in [0.4, 0.5) is 9.18 Å². The van der Waals surface area contributed by atoms with Gasteiger partial charge in [-0.25, -0.2) is 9.18 Å². The molecule has 1 aromatic rings. The smallest absolute Gasteiger partial charge is 0.318 e. The van der Waals surface area contributed by atoms with Crippen molar-refractivity contribution in [2.45, 2.75) is 38.8 Å². The zero-order valence-corrected chi connectivity index (χ0v) is 15.1. The average molecular weight is 349 g/mol. The first-order chi connectivity index (χ1) is 12.0. The van der Waals surface area contributed by atoms with Crippen molar-refractivity contribution in [2.24, 2.45) is 0 Å². The Morgan fingerprint density at radius 1 is 1.36 bits per heavy atom. The van der Waals surface area contributed by atoms with Gasteiger partial charge in [0, 0.05) is 32.2 Å². The number of aryl methyl sites for hydroxylation is 1. The van der Waals surface area contributed by atoms with Gasteiger partial charge in [0.05, 0.1) is 19.3 Å². The van der Waals surface area contributed by atoms with Crippen molar-refractivity contribution < 1.29 is 13.9 Å². The number of hydrogen-bond donors (Lipinski definition) is 1. The number of halogens is 1. The first-order valence-corrected chi connectivity index (χ1v) is 9.18. The first-order valence-electron chi connectivity index (χ1n) is 9.18. The van der Waals surface area contributed by atoms with E-state index < -0.39 is 0 Å². The quantitative estimate of drug-likeness (QED) is 0.909. The monoisotopic (exact) mass is 349 g/mol. The van der Waals surface area contributed by atoms with E-state index in [9.17, 15) is 9.18 Å². The normalized spacial score (nSPS) is 22.8. The van der Waals surface area contributed by atoms with Crippen LogP contribution in [0.25, 0.3) is 0 Å². The summed E-state index contributed by atoms with van der Waals surface area (Å²) in [5.74, 6) is -0.232. The van der Waals surface area contributed by atoms with E-state index in [0.717, 1.165) is 57.8 Å². The second-order valence-corrected chi connectivity index (χ2v) is 7.08. The van der Waals surface area contributed by atoms with Crippen LogP contribution in [0.1, 0.15) is 36.9 Å². The van der Waals surface area contributed by atoms with Crippen molar-refractivity contribution in [3.8, 4) is 0 Å². The number of hydrogen-bond acceptors (Lipinski definition) is 3. The Kier molecular flexibility index (Phi) is 5.91. The molecule has 0 spiro atoms. The van der Waals surface area contributed by atoms with Gasteiger partial charge in [0.2, 0.25) is 0 Å². The third kappa shape index (κ3) is 4.50. The summed E-state index contributed by atoms with van der Waals surface area (Å²) in [4.78, 5) is 17.0. The second-order valence-electron chi connectivity index (χ2n) is 7.08. The van der Waals surface area contributed by atoms with Gasteiger partial charge in [0.1, 0.15) is 5.82 Å². The molecule has 1 aromatic carbocycles. The number of likely N-dealkylation sites (tertiary alicyclic amines) is 1. The van der Waals surface area contributed by atoms with Crippen LogP contribution in [0.3, 0.4) is 0 Å². The van der Waals surface area contributed by atoms with Crippen LogP contribution in [-0.4, -0.2) is 61.3 Å². The number of nitrogens with one attached hydrogen (secondary N) is 1. The third-order valence-corrected chi connectivity index (χ3v) is 5.25. The van der Waals surface area contributed by atoms with E-state index in [-0.39, 0.29) is 23.9 Å². The van der Waals surface area contributed by atoms with Crippen LogP contribution >= 0.6 is 0 Å². The molecule has 2 saturated heterocycles. The summed E-state index contributed by atoms with van der Waals surface area (Å²) in [6, 6.07) is 5.12. The highest BCUT2D eigenvalue weighted by Crippen LogP contribution is 2.21. The lowest BCUT2D eigenvalue weighted by Crippen LogP contribution is -2.49. The highest BCUT2D eigenvalue weighted by Gasteiger charge is 2.31. The van der Waals surface area contributed by atoms with Crippen LogP contribution in [0.2, 0.25) is 0 Å². The molecule has 2 fully saturated rings. The summed E-state index contributed by atoms with van der Waals surface area (Å²) >= 11 is 0. The van der Waals surface area contributed by atoms with E-state index in [1.54, 1.807) is 13.0 Å². The van der Waals surface area contributed by atoms with Gasteiger partial charge in [0.25, 0.3) is 0 Å². The molecule has 2 heterocycles. The molecule has 2 atom stereocenters. The Hall–Kier alpha value is -1.66. The molecule has 0 unspecified atom stereocenters. The Labute approximate surface area is 149 Å². The van der Waals surface area contributed by atoms with Crippen LogP contribution < -0.4 is 5.32 Å². The molecule has 0 radical (unpaired) electrons. The maximum atomic E-state index is 13.8. The summed E-state index contributed by atoms with van der Waals surface area (Å²) in [7, 11) is 0. The summed E-state index contributed by atoms with van der Waals surface area (Å²) in [5.41, 5.74) is 1.41. The molecule has 25 heavy (non-hydrogen) atoms. The van der Waals surface area contributed by atoms with Crippen molar-refractivity contribution in [1.29, 1.82) is 0 Å². The van der Waals surface area contributed by atoms with Crippen molar-refractivity contribution in [3.63, 3.8) is 0 Å². The maximum absolute atomic E-state index is 13.8. The highest BCUT2D eigenvalue weighted by molar-refractivity contribution is 5.75. The Morgan fingerprint density at radius 3 is 2.84 bits per heavy atom. The topological polar surface area (TPSA) is 44.8 Å². The molecule has 5 nitrogen and oxygen atoms in total. The number of nitrogens with zero attached hydrogens (tertiary/aromatic N) is 2. The summed E-state index contributed by atoms with van der Waals surface area (Å²) in [5, 5.41) is 3.03. The fourth-order valence-electron chi connectivity index (χ4n) is 3.60.